The molecule has 0 spiro atoms. The summed E-state index contributed by atoms with van der Waals surface area (Å²) in [5.74, 6) is 0.0461. The van der Waals surface area contributed by atoms with Gasteiger partial charge in [-0.05, 0) is 31.0 Å². The number of imidazole rings is 1. The second-order valence-corrected chi connectivity index (χ2v) is 5.78. The summed E-state index contributed by atoms with van der Waals surface area (Å²) >= 11 is 0. The number of carbonyl (C=O) groups is 2. The van der Waals surface area contributed by atoms with E-state index in [4.69, 9.17) is 4.74 Å². The van der Waals surface area contributed by atoms with Crippen molar-refractivity contribution in [1.29, 1.82) is 0 Å². The molecule has 0 aliphatic carbocycles. The van der Waals surface area contributed by atoms with Gasteiger partial charge in [-0.1, -0.05) is 36.4 Å². The lowest BCUT2D eigenvalue weighted by Gasteiger charge is -2.02. The summed E-state index contributed by atoms with van der Waals surface area (Å²) in [6, 6.07) is 15.6. The minimum absolute atomic E-state index is 0.265. The molecule has 0 unspecified atom stereocenters. The van der Waals surface area contributed by atoms with Gasteiger partial charge >= 0.3 is 5.97 Å². The highest BCUT2D eigenvalue weighted by atomic mass is 16.5. The molecule has 0 bridgehead atoms. The predicted octanol–water partition coefficient (Wildman–Crippen LogP) is 3.48. The molecule has 0 radical (unpaired) electrons. The van der Waals surface area contributed by atoms with Gasteiger partial charge in [-0.25, -0.2) is 4.98 Å². The van der Waals surface area contributed by atoms with Crippen LogP contribution in [0.4, 0.5) is 0 Å². The maximum Gasteiger partial charge on any atom is 0.313 e. The molecule has 0 aliphatic heterocycles. The van der Waals surface area contributed by atoms with Gasteiger partial charge in [-0.2, -0.15) is 0 Å². The Balaban J connectivity index is 1.78. The average molecular weight is 336 g/mol. The molecule has 25 heavy (non-hydrogen) atoms. The van der Waals surface area contributed by atoms with E-state index in [0.29, 0.717) is 11.1 Å². The summed E-state index contributed by atoms with van der Waals surface area (Å²) in [4.78, 5) is 31.8. The van der Waals surface area contributed by atoms with Crippen LogP contribution in [0.5, 0.6) is 0 Å². The van der Waals surface area contributed by atoms with Gasteiger partial charge in [0, 0.05) is 12.0 Å². The second kappa shape index (κ2) is 7.75. The highest BCUT2D eigenvalue weighted by Crippen LogP contribution is 2.19. The van der Waals surface area contributed by atoms with Gasteiger partial charge in [0.1, 0.15) is 12.2 Å². The first-order chi connectivity index (χ1) is 12.2. The molecule has 2 aromatic carbocycles. The number of ether oxygens (including phenoxy) is 1. The highest BCUT2D eigenvalue weighted by Gasteiger charge is 2.17. The van der Waals surface area contributed by atoms with Gasteiger partial charge in [-0.3, -0.25) is 9.59 Å². The van der Waals surface area contributed by atoms with Gasteiger partial charge in [0.2, 0.25) is 0 Å². The molecule has 128 valence electrons. The number of hydrogen-bond donors (Lipinski definition) is 1. The molecule has 0 amide bonds. The number of carbonyl (C=O) groups excluding carboxylic acids is 2. The first-order valence-electron chi connectivity index (χ1n) is 8.37. The van der Waals surface area contributed by atoms with Crippen LogP contribution < -0.4 is 0 Å². The van der Waals surface area contributed by atoms with Crippen molar-refractivity contribution in [3.05, 3.63) is 65.5 Å². The molecule has 1 N–H and O–H groups in total. The van der Waals surface area contributed by atoms with E-state index in [0.717, 1.165) is 24.2 Å². The van der Waals surface area contributed by atoms with E-state index in [-0.39, 0.29) is 18.8 Å². The fourth-order valence-electron chi connectivity index (χ4n) is 2.77. The summed E-state index contributed by atoms with van der Waals surface area (Å²) in [6.45, 7) is 1.98. The molecule has 0 fully saturated rings. The zero-order valence-corrected chi connectivity index (χ0v) is 14.1. The predicted molar refractivity (Wildman–Crippen MR) is 95.5 cm³/mol. The molecule has 5 nitrogen and oxygen atoms in total. The van der Waals surface area contributed by atoms with Crippen LogP contribution in [-0.2, 0) is 22.4 Å². The molecule has 1 heterocycles. The molecular weight excluding hydrogens is 316 g/mol. The number of nitrogens with zero attached hydrogens (tertiary/aromatic N) is 1. The lowest BCUT2D eigenvalue weighted by atomic mass is 10.1. The fraction of sp³-hybridized carbons (Fsp3) is 0.250. The number of aryl methyl sites for hydroxylation is 2. The van der Waals surface area contributed by atoms with E-state index in [9.17, 15) is 9.59 Å². The number of aromatic nitrogens is 2. The van der Waals surface area contributed by atoms with Crippen molar-refractivity contribution in [2.75, 3.05) is 6.61 Å². The molecular formula is C20H20N2O3. The van der Waals surface area contributed by atoms with Gasteiger partial charge in [0.25, 0.3) is 0 Å². The Morgan fingerprint density at radius 3 is 2.60 bits per heavy atom. The van der Waals surface area contributed by atoms with Crippen LogP contribution in [0.15, 0.2) is 48.5 Å². The van der Waals surface area contributed by atoms with Crippen LogP contribution >= 0.6 is 0 Å². The standard InChI is InChI=1S/C20H20N2O3/c1-2-25-19(24)13-17(23)15-9-6-10-16-20(15)22-18(21-16)12-11-14-7-4-3-5-8-14/h3-10H,2,11-13H2,1H3,(H,21,22). The minimum Gasteiger partial charge on any atom is -0.466 e. The Morgan fingerprint density at radius 1 is 1.04 bits per heavy atom. The van der Waals surface area contributed by atoms with Crippen molar-refractivity contribution in [1.82, 2.24) is 9.97 Å². The fourth-order valence-corrected chi connectivity index (χ4v) is 2.77. The number of rotatable bonds is 7. The van der Waals surface area contributed by atoms with Gasteiger partial charge in [0.05, 0.1) is 17.6 Å². The zero-order valence-electron chi connectivity index (χ0n) is 14.1. The lowest BCUT2D eigenvalue weighted by Crippen LogP contribution is -2.11. The third-order valence-electron chi connectivity index (χ3n) is 3.97. The Bertz CT molecular complexity index is 884. The number of nitrogens with one attached hydrogen (secondary N) is 1. The quantitative estimate of drug-likeness (QED) is 0.407. The van der Waals surface area contributed by atoms with Crippen molar-refractivity contribution >= 4 is 22.8 Å². The maximum absolute atomic E-state index is 12.4. The molecule has 0 atom stereocenters. The Labute approximate surface area is 146 Å². The van der Waals surface area contributed by atoms with Crippen molar-refractivity contribution in [2.45, 2.75) is 26.2 Å². The van der Waals surface area contributed by atoms with Crippen LogP contribution in [-0.4, -0.2) is 28.3 Å². The topological polar surface area (TPSA) is 72.1 Å². The molecule has 3 rings (SSSR count). The van der Waals surface area contributed by atoms with Crippen LogP contribution in [0.1, 0.15) is 35.1 Å². The van der Waals surface area contributed by atoms with Crippen molar-refractivity contribution in [3.63, 3.8) is 0 Å². The number of fused-ring (bicyclic) bond motifs is 1. The van der Waals surface area contributed by atoms with Gasteiger partial charge < -0.3 is 9.72 Å². The highest BCUT2D eigenvalue weighted by molar-refractivity contribution is 6.12. The van der Waals surface area contributed by atoms with Crippen LogP contribution in [0.2, 0.25) is 0 Å². The van der Waals surface area contributed by atoms with Crippen LogP contribution in [0.3, 0.4) is 0 Å². The number of esters is 1. The third kappa shape index (κ3) is 4.12. The number of hydrogen-bond acceptors (Lipinski definition) is 4. The van der Waals surface area contributed by atoms with E-state index >= 15 is 0 Å². The molecule has 0 saturated carbocycles. The number of para-hydroxylation sites is 1. The SMILES string of the molecule is CCOC(=O)CC(=O)c1cccc2[nH]c(CCc3ccccc3)nc12. The second-order valence-electron chi connectivity index (χ2n) is 5.78. The summed E-state index contributed by atoms with van der Waals surface area (Å²) in [6.07, 6.45) is 1.36. The molecule has 3 aromatic rings. The van der Waals surface area contributed by atoms with E-state index in [2.05, 4.69) is 22.1 Å². The van der Waals surface area contributed by atoms with Crippen molar-refractivity contribution in [2.24, 2.45) is 0 Å². The first kappa shape index (κ1) is 16.9. The van der Waals surface area contributed by atoms with E-state index < -0.39 is 5.97 Å². The summed E-state index contributed by atoms with van der Waals surface area (Å²) in [5.41, 5.74) is 3.10. The van der Waals surface area contributed by atoms with E-state index in [1.165, 1.54) is 5.56 Å². The van der Waals surface area contributed by atoms with Gasteiger partial charge in [0.15, 0.2) is 5.78 Å². The van der Waals surface area contributed by atoms with Gasteiger partial charge in [-0.15, -0.1) is 0 Å². The third-order valence-corrected chi connectivity index (χ3v) is 3.97. The summed E-state index contributed by atoms with van der Waals surface area (Å²) in [5, 5.41) is 0. The van der Waals surface area contributed by atoms with Crippen LogP contribution in [0.25, 0.3) is 11.0 Å². The molecule has 1 aromatic heterocycles. The molecule has 5 heteroatoms. The van der Waals surface area contributed by atoms with Crippen molar-refractivity contribution in [3.8, 4) is 0 Å². The number of benzene rings is 2. The smallest absolute Gasteiger partial charge is 0.313 e. The van der Waals surface area contributed by atoms with Crippen molar-refractivity contribution < 1.29 is 14.3 Å². The lowest BCUT2D eigenvalue weighted by molar-refractivity contribution is -0.141. The Hall–Kier alpha value is -2.95. The number of H-pyrrole nitrogens is 1. The molecule has 0 saturated heterocycles. The number of ketones is 1. The number of Topliss-reactive ketones (excluding diaryl/α,β-unsaturated/α-hetero) is 1. The Kier molecular flexibility index (Phi) is 5.23. The summed E-state index contributed by atoms with van der Waals surface area (Å²) < 4.78 is 4.85. The normalized spacial score (nSPS) is 10.8. The molecule has 0 aliphatic rings. The van der Waals surface area contributed by atoms with Crippen LogP contribution in [0, 0.1) is 0 Å². The number of aromatic amines is 1. The average Bonchev–Trinajstić information content (AvgIpc) is 3.04. The minimum atomic E-state index is -0.510. The first-order valence-corrected chi connectivity index (χ1v) is 8.37. The monoisotopic (exact) mass is 336 g/mol. The zero-order chi connectivity index (χ0) is 17.6. The van der Waals surface area contributed by atoms with E-state index in [1.807, 2.05) is 24.3 Å². The van der Waals surface area contributed by atoms with E-state index in [1.54, 1.807) is 19.1 Å². The largest absolute Gasteiger partial charge is 0.466 e. The maximum atomic E-state index is 12.4. The summed E-state index contributed by atoms with van der Waals surface area (Å²) in [7, 11) is 0. The Morgan fingerprint density at radius 2 is 1.84 bits per heavy atom.